The lowest BCUT2D eigenvalue weighted by atomic mass is 10.1. The fraction of sp³-hybridized carbons (Fsp3) is 0.182. The molecule has 2 heterocycles. The average Bonchev–Trinajstić information content (AvgIpc) is 3.09. The minimum Gasteiger partial charge on any atom is -0.354 e. The molecule has 0 aliphatic heterocycles. The first-order chi connectivity index (χ1) is 14.1. The summed E-state index contributed by atoms with van der Waals surface area (Å²) in [7, 11) is 0. The topological polar surface area (TPSA) is 75.6 Å². The van der Waals surface area contributed by atoms with E-state index in [1.54, 1.807) is 10.8 Å². The van der Waals surface area contributed by atoms with E-state index in [0.717, 1.165) is 27.6 Å². The molecule has 0 fully saturated rings. The van der Waals surface area contributed by atoms with E-state index in [-0.39, 0.29) is 12.5 Å². The number of para-hydroxylation sites is 1. The van der Waals surface area contributed by atoms with E-state index in [9.17, 15) is 4.79 Å². The summed E-state index contributed by atoms with van der Waals surface area (Å²) in [5.74, 6) is 0.549. The SMILES string of the molecule is Cc1ccc(-c2n[nH]c(=S)n2CC(=O)NCCc2cccc3cccnc23)cc1. The monoisotopic (exact) mass is 403 g/mol. The molecule has 4 rings (SSSR count). The smallest absolute Gasteiger partial charge is 0.240 e. The maximum absolute atomic E-state index is 12.5. The highest BCUT2D eigenvalue weighted by Crippen LogP contribution is 2.18. The highest BCUT2D eigenvalue weighted by atomic mass is 32.1. The van der Waals surface area contributed by atoms with Crippen LogP contribution in [0.15, 0.2) is 60.8 Å². The molecule has 0 unspecified atom stereocenters. The molecule has 0 spiro atoms. The number of aryl methyl sites for hydroxylation is 1. The van der Waals surface area contributed by atoms with E-state index in [1.807, 2.05) is 61.5 Å². The standard InChI is InChI=1S/C22H21N5OS/c1-15-7-9-18(10-8-15)21-25-26-22(29)27(21)14-19(28)23-13-11-17-5-2-4-16-6-3-12-24-20(16)17/h2-10,12H,11,13-14H2,1H3,(H,23,28)(H,26,29). The van der Waals surface area contributed by atoms with E-state index in [1.165, 1.54) is 0 Å². The van der Waals surface area contributed by atoms with E-state index < -0.39 is 0 Å². The van der Waals surface area contributed by atoms with Gasteiger partial charge in [0.15, 0.2) is 10.6 Å². The molecule has 0 saturated heterocycles. The molecular weight excluding hydrogens is 382 g/mol. The molecule has 7 heteroatoms. The first-order valence-electron chi connectivity index (χ1n) is 9.43. The second-order valence-corrected chi connectivity index (χ2v) is 7.28. The van der Waals surface area contributed by atoms with Crippen LogP contribution in [0.25, 0.3) is 22.3 Å². The van der Waals surface area contributed by atoms with Gasteiger partial charge in [-0.15, -0.1) is 0 Å². The van der Waals surface area contributed by atoms with Crippen LogP contribution in [0.3, 0.4) is 0 Å². The Morgan fingerprint density at radius 2 is 1.93 bits per heavy atom. The highest BCUT2D eigenvalue weighted by molar-refractivity contribution is 7.71. The van der Waals surface area contributed by atoms with Gasteiger partial charge in [-0.1, -0.05) is 54.1 Å². The van der Waals surface area contributed by atoms with Crippen molar-refractivity contribution < 1.29 is 4.79 Å². The van der Waals surface area contributed by atoms with Crippen molar-refractivity contribution in [2.75, 3.05) is 6.54 Å². The van der Waals surface area contributed by atoms with Crippen molar-refractivity contribution in [2.24, 2.45) is 0 Å². The van der Waals surface area contributed by atoms with Crippen LogP contribution in [0, 0.1) is 11.7 Å². The van der Waals surface area contributed by atoms with E-state index in [2.05, 4.69) is 20.5 Å². The third kappa shape index (κ3) is 4.25. The van der Waals surface area contributed by atoms with Gasteiger partial charge in [0.25, 0.3) is 0 Å². The maximum atomic E-state index is 12.5. The molecule has 0 aliphatic rings. The molecule has 0 radical (unpaired) electrons. The Morgan fingerprint density at radius 3 is 2.76 bits per heavy atom. The number of fused-ring (bicyclic) bond motifs is 1. The number of benzene rings is 2. The summed E-state index contributed by atoms with van der Waals surface area (Å²) >= 11 is 5.32. The molecule has 2 aromatic carbocycles. The summed E-state index contributed by atoms with van der Waals surface area (Å²) in [6.07, 6.45) is 2.50. The number of rotatable bonds is 6. The number of nitrogens with zero attached hydrogens (tertiary/aromatic N) is 3. The summed E-state index contributed by atoms with van der Waals surface area (Å²) < 4.78 is 2.14. The largest absolute Gasteiger partial charge is 0.354 e. The number of H-pyrrole nitrogens is 1. The van der Waals surface area contributed by atoms with Crippen molar-refractivity contribution in [1.82, 2.24) is 25.1 Å². The van der Waals surface area contributed by atoms with Crippen LogP contribution < -0.4 is 5.32 Å². The molecule has 0 atom stereocenters. The molecule has 0 saturated carbocycles. The van der Waals surface area contributed by atoms with Crippen LogP contribution in [0.4, 0.5) is 0 Å². The third-order valence-corrected chi connectivity index (χ3v) is 5.11. The zero-order valence-electron chi connectivity index (χ0n) is 16.1. The summed E-state index contributed by atoms with van der Waals surface area (Å²) in [6, 6.07) is 18.0. The first-order valence-corrected chi connectivity index (χ1v) is 9.84. The summed E-state index contributed by atoms with van der Waals surface area (Å²) in [5, 5.41) is 11.1. The van der Waals surface area contributed by atoms with Crippen molar-refractivity contribution in [3.63, 3.8) is 0 Å². The predicted molar refractivity (Wildman–Crippen MR) is 116 cm³/mol. The van der Waals surface area contributed by atoms with Gasteiger partial charge in [-0.3, -0.25) is 19.4 Å². The molecule has 146 valence electrons. The number of hydrogen-bond acceptors (Lipinski definition) is 4. The van der Waals surface area contributed by atoms with E-state index in [4.69, 9.17) is 12.2 Å². The molecule has 0 bridgehead atoms. The Bertz CT molecular complexity index is 1200. The quantitative estimate of drug-likeness (QED) is 0.480. The maximum Gasteiger partial charge on any atom is 0.240 e. The van der Waals surface area contributed by atoms with Gasteiger partial charge in [0.2, 0.25) is 5.91 Å². The summed E-state index contributed by atoms with van der Waals surface area (Å²) in [6.45, 7) is 2.67. The normalized spacial score (nSPS) is 10.9. The fourth-order valence-corrected chi connectivity index (χ4v) is 3.49. The Hall–Kier alpha value is -3.32. The van der Waals surface area contributed by atoms with Crippen molar-refractivity contribution in [3.05, 3.63) is 76.7 Å². The Labute approximate surface area is 173 Å². The lowest BCUT2D eigenvalue weighted by Gasteiger charge is -2.09. The lowest BCUT2D eigenvalue weighted by molar-refractivity contribution is -0.121. The number of carbonyl (C=O) groups excluding carboxylic acids is 1. The molecule has 6 nitrogen and oxygen atoms in total. The zero-order valence-corrected chi connectivity index (χ0v) is 16.9. The van der Waals surface area contributed by atoms with Gasteiger partial charge in [0.05, 0.1) is 5.52 Å². The van der Waals surface area contributed by atoms with Gasteiger partial charge in [-0.05, 0) is 37.2 Å². The highest BCUT2D eigenvalue weighted by Gasteiger charge is 2.12. The van der Waals surface area contributed by atoms with Gasteiger partial charge < -0.3 is 5.32 Å². The van der Waals surface area contributed by atoms with Crippen LogP contribution >= 0.6 is 12.2 Å². The number of hydrogen-bond donors (Lipinski definition) is 2. The van der Waals surface area contributed by atoms with Gasteiger partial charge in [-0.25, -0.2) is 0 Å². The molecule has 4 aromatic rings. The number of aromatic amines is 1. The first kappa shape index (κ1) is 19.0. The fourth-order valence-electron chi connectivity index (χ4n) is 3.29. The van der Waals surface area contributed by atoms with Crippen LogP contribution in [-0.2, 0) is 17.8 Å². The van der Waals surface area contributed by atoms with Gasteiger partial charge in [0, 0.05) is 23.7 Å². The number of carbonyl (C=O) groups is 1. The van der Waals surface area contributed by atoms with Crippen molar-refractivity contribution in [3.8, 4) is 11.4 Å². The molecular formula is C22H21N5OS. The Kier molecular flexibility index (Phi) is 5.48. The van der Waals surface area contributed by atoms with Gasteiger partial charge >= 0.3 is 0 Å². The number of nitrogens with one attached hydrogen (secondary N) is 2. The number of pyridine rings is 1. The van der Waals surface area contributed by atoms with Crippen LogP contribution in [0.2, 0.25) is 0 Å². The third-order valence-electron chi connectivity index (χ3n) is 4.80. The molecule has 2 N–H and O–H groups in total. The van der Waals surface area contributed by atoms with Crippen LogP contribution in [-0.4, -0.2) is 32.2 Å². The molecule has 0 aliphatic carbocycles. The van der Waals surface area contributed by atoms with E-state index in [0.29, 0.717) is 23.6 Å². The van der Waals surface area contributed by atoms with E-state index >= 15 is 0 Å². The zero-order chi connectivity index (χ0) is 20.2. The minimum atomic E-state index is -0.107. The lowest BCUT2D eigenvalue weighted by Crippen LogP contribution is -2.29. The number of aromatic nitrogens is 4. The summed E-state index contributed by atoms with van der Waals surface area (Å²) in [4.78, 5) is 17.0. The van der Waals surface area contributed by atoms with Crippen molar-refractivity contribution in [2.45, 2.75) is 19.9 Å². The average molecular weight is 404 g/mol. The predicted octanol–water partition coefficient (Wildman–Crippen LogP) is 3.82. The van der Waals surface area contributed by atoms with Crippen LogP contribution in [0.5, 0.6) is 0 Å². The molecule has 29 heavy (non-hydrogen) atoms. The van der Waals surface area contributed by atoms with Crippen LogP contribution in [0.1, 0.15) is 11.1 Å². The van der Waals surface area contributed by atoms with Gasteiger partial charge in [0.1, 0.15) is 6.54 Å². The molecule has 1 amide bonds. The Balaban J connectivity index is 1.42. The summed E-state index contributed by atoms with van der Waals surface area (Å²) in [5.41, 5.74) is 4.17. The second kappa shape index (κ2) is 8.36. The minimum absolute atomic E-state index is 0.107. The van der Waals surface area contributed by atoms with Crippen molar-refractivity contribution >= 4 is 29.0 Å². The molecule has 2 aromatic heterocycles. The van der Waals surface area contributed by atoms with Gasteiger partial charge in [-0.2, -0.15) is 5.10 Å². The Morgan fingerprint density at radius 1 is 1.14 bits per heavy atom. The number of amides is 1. The van der Waals surface area contributed by atoms with Crippen molar-refractivity contribution in [1.29, 1.82) is 0 Å². The second-order valence-electron chi connectivity index (χ2n) is 6.90.